The van der Waals surface area contributed by atoms with E-state index in [-0.39, 0.29) is 18.0 Å². The summed E-state index contributed by atoms with van der Waals surface area (Å²) in [7, 11) is 1.71. The van der Waals surface area contributed by atoms with Crippen molar-refractivity contribution >= 4 is 23.5 Å². The van der Waals surface area contributed by atoms with Crippen LogP contribution in [0.1, 0.15) is 17.5 Å². The van der Waals surface area contributed by atoms with Gasteiger partial charge in [0.25, 0.3) is 0 Å². The molecule has 0 unspecified atom stereocenters. The maximum Gasteiger partial charge on any atom is 0.382 e. The normalized spacial score (nSPS) is 8.91. The highest BCUT2D eigenvalue weighted by Gasteiger charge is 2.07. The highest BCUT2D eigenvalue weighted by molar-refractivity contribution is 5.94. The molecule has 118 valence electrons. The molecule has 23 heavy (non-hydrogen) atoms. The first-order chi connectivity index (χ1) is 10.9. The van der Waals surface area contributed by atoms with Crippen molar-refractivity contribution in [1.29, 1.82) is 0 Å². The van der Waals surface area contributed by atoms with Crippen molar-refractivity contribution in [2.24, 2.45) is 0 Å². The van der Waals surface area contributed by atoms with E-state index in [0.29, 0.717) is 17.7 Å². The molecule has 1 amide bonds. The molecule has 0 saturated carbocycles. The Labute approximate surface area is 132 Å². The molecule has 1 rings (SSSR count). The summed E-state index contributed by atoms with van der Waals surface area (Å²) in [5.74, 6) is 5.89. The van der Waals surface area contributed by atoms with Crippen LogP contribution in [0.25, 0.3) is 0 Å². The number of carbonyl (C=O) groups is 3. The summed E-state index contributed by atoms with van der Waals surface area (Å²) >= 11 is 0. The van der Waals surface area contributed by atoms with Crippen LogP contribution in [0, 0.1) is 23.7 Å². The third-order valence-electron chi connectivity index (χ3n) is 2.51. The Morgan fingerprint density at radius 3 is 2.35 bits per heavy atom. The summed E-state index contributed by atoms with van der Waals surface area (Å²) in [6.45, 7) is 0.473. The predicted molar refractivity (Wildman–Crippen MR) is 82.6 cm³/mol. The molecule has 0 bridgehead atoms. The predicted octanol–water partition coefficient (Wildman–Crippen LogP) is 0.107. The Balaban J connectivity index is 3.14. The van der Waals surface area contributed by atoms with Gasteiger partial charge in [-0.3, -0.25) is 4.79 Å². The number of aliphatic carboxylic acids is 2. The van der Waals surface area contributed by atoms with E-state index in [4.69, 9.17) is 10.2 Å². The maximum atomic E-state index is 11.8. The zero-order valence-corrected chi connectivity index (χ0v) is 12.3. The monoisotopic (exact) mass is 314 g/mol. The van der Waals surface area contributed by atoms with Crippen molar-refractivity contribution < 1.29 is 24.6 Å². The van der Waals surface area contributed by atoms with E-state index in [1.165, 1.54) is 18.2 Å². The van der Waals surface area contributed by atoms with Gasteiger partial charge in [-0.1, -0.05) is 11.8 Å². The van der Waals surface area contributed by atoms with Crippen LogP contribution >= 0.6 is 0 Å². The number of nitrogens with one attached hydrogen (secondary N) is 2. The van der Waals surface area contributed by atoms with Gasteiger partial charge in [0.1, 0.15) is 0 Å². The number of amides is 1. The quantitative estimate of drug-likeness (QED) is 0.586. The maximum absolute atomic E-state index is 11.8. The number of carboxylic acids is 2. The van der Waals surface area contributed by atoms with Crippen LogP contribution < -0.4 is 10.6 Å². The molecule has 0 heterocycles. The van der Waals surface area contributed by atoms with Gasteiger partial charge < -0.3 is 20.8 Å². The van der Waals surface area contributed by atoms with Gasteiger partial charge in [-0.25, -0.2) is 9.59 Å². The van der Waals surface area contributed by atoms with Crippen molar-refractivity contribution in [3.63, 3.8) is 0 Å². The fraction of sp³-hybridized carbons (Fsp3) is 0.188. The molecular formula is C16H14N2O5. The van der Waals surface area contributed by atoms with E-state index >= 15 is 0 Å². The molecule has 7 nitrogen and oxygen atoms in total. The number of carboxylic acid groups (broad SMARTS) is 2. The fourth-order valence-electron chi connectivity index (χ4n) is 1.53. The highest BCUT2D eigenvalue weighted by Crippen LogP contribution is 2.17. The van der Waals surface area contributed by atoms with E-state index in [9.17, 15) is 14.4 Å². The van der Waals surface area contributed by atoms with Gasteiger partial charge in [-0.05, 0) is 25.2 Å². The lowest BCUT2D eigenvalue weighted by molar-refractivity contribution is -0.131. The van der Waals surface area contributed by atoms with Crippen molar-refractivity contribution in [2.45, 2.75) is 6.42 Å². The minimum Gasteiger partial charge on any atom is -0.472 e. The topological polar surface area (TPSA) is 116 Å². The van der Waals surface area contributed by atoms with Crippen LogP contribution in [-0.2, 0) is 14.4 Å². The van der Waals surface area contributed by atoms with Gasteiger partial charge in [0, 0.05) is 35.9 Å². The lowest BCUT2D eigenvalue weighted by Crippen LogP contribution is -2.19. The summed E-state index contributed by atoms with van der Waals surface area (Å²) in [5.41, 5.74) is 0.931. The number of carbonyl (C=O) groups excluding carboxylic acids is 1. The molecule has 0 aromatic heterocycles. The first-order valence-electron chi connectivity index (χ1n) is 6.50. The molecule has 4 N–H and O–H groups in total. The minimum absolute atomic E-state index is 0.216. The van der Waals surface area contributed by atoms with Gasteiger partial charge in [0.2, 0.25) is 5.91 Å². The van der Waals surface area contributed by atoms with Crippen molar-refractivity contribution in [3.8, 4) is 23.7 Å². The van der Waals surface area contributed by atoms with Gasteiger partial charge in [0.15, 0.2) is 0 Å². The molecule has 1 aromatic rings. The molecule has 0 atom stereocenters. The lowest BCUT2D eigenvalue weighted by Gasteiger charge is -2.08. The van der Waals surface area contributed by atoms with E-state index < -0.39 is 11.9 Å². The van der Waals surface area contributed by atoms with E-state index in [1.807, 2.05) is 11.8 Å². The van der Waals surface area contributed by atoms with Crippen molar-refractivity contribution in [1.82, 2.24) is 5.32 Å². The standard InChI is InChI=1S/C16H14N2O5/c1-17-9-8-14(19)18-13-10-11(3-6-15(20)21)2-4-12(13)5-7-16(22)23/h2,4,10,17H,8-9H2,1H3,(H,18,19)(H,20,21)(H,22,23). The SMILES string of the molecule is CNCCC(=O)Nc1cc(C#CC(=O)O)ccc1C#CC(=O)O. The Bertz CT molecular complexity index is 747. The largest absolute Gasteiger partial charge is 0.472 e. The number of rotatable bonds is 4. The summed E-state index contributed by atoms with van der Waals surface area (Å²) in [5, 5.41) is 22.6. The van der Waals surface area contributed by atoms with Crippen LogP contribution in [0.15, 0.2) is 18.2 Å². The van der Waals surface area contributed by atoms with Gasteiger partial charge in [-0.2, -0.15) is 0 Å². The van der Waals surface area contributed by atoms with E-state index in [0.717, 1.165) is 0 Å². The van der Waals surface area contributed by atoms with Crippen molar-refractivity contribution in [2.75, 3.05) is 18.9 Å². The highest BCUT2D eigenvalue weighted by atomic mass is 16.4. The molecule has 0 aliphatic heterocycles. The molecule has 7 heteroatoms. The molecule has 0 fully saturated rings. The fourth-order valence-corrected chi connectivity index (χ4v) is 1.53. The van der Waals surface area contributed by atoms with Gasteiger partial charge in [0.05, 0.1) is 5.69 Å². The first-order valence-corrected chi connectivity index (χ1v) is 6.50. The second-order valence-electron chi connectivity index (χ2n) is 4.27. The smallest absolute Gasteiger partial charge is 0.382 e. The Morgan fingerprint density at radius 1 is 1.09 bits per heavy atom. The van der Waals surface area contributed by atoms with E-state index in [1.54, 1.807) is 7.05 Å². The Morgan fingerprint density at radius 2 is 1.74 bits per heavy atom. The number of benzene rings is 1. The lowest BCUT2D eigenvalue weighted by atomic mass is 10.1. The second-order valence-corrected chi connectivity index (χ2v) is 4.27. The molecular weight excluding hydrogens is 300 g/mol. The molecule has 0 aliphatic carbocycles. The average Bonchev–Trinajstić information content (AvgIpc) is 2.49. The molecule has 0 aliphatic rings. The van der Waals surface area contributed by atoms with Crippen LogP contribution in [0.3, 0.4) is 0 Å². The molecule has 0 spiro atoms. The Hall–Kier alpha value is -3.29. The third-order valence-corrected chi connectivity index (χ3v) is 2.51. The van der Waals surface area contributed by atoms with Crippen LogP contribution in [0.5, 0.6) is 0 Å². The number of hydrogen-bond acceptors (Lipinski definition) is 4. The molecule has 1 aromatic carbocycles. The first kappa shape index (κ1) is 17.8. The third kappa shape index (κ3) is 6.80. The van der Waals surface area contributed by atoms with Gasteiger partial charge >= 0.3 is 11.9 Å². The van der Waals surface area contributed by atoms with Crippen LogP contribution in [-0.4, -0.2) is 41.7 Å². The number of anilines is 1. The Kier molecular flexibility index (Phi) is 6.86. The summed E-state index contributed by atoms with van der Waals surface area (Å²) < 4.78 is 0. The van der Waals surface area contributed by atoms with Gasteiger partial charge in [-0.15, -0.1) is 0 Å². The average molecular weight is 314 g/mol. The molecule has 0 radical (unpaired) electrons. The zero-order chi connectivity index (χ0) is 17.2. The molecule has 0 saturated heterocycles. The number of hydrogen-bond donors (Lipinski definition) is 4. The van der Waals surface area contributed by atoms with Crippen LogP contribution in [0.4, 0.5) is 5.69 Å². The van der Waals surface area contributed by atoms with E-state index in [2.05, 4.69) is 22.5 Å². The van der Waals surface area contributed by atoms with Crippen molar-refractivity contribution in [3.05, 3.63) is 29.3 Å². The summed E-state index contributed by atoms with van der Waals surface area (Å²) in [6.07, 6.45) is 0.216. The zero-order valence-electron chi connectivity index (χ0n) is 12.3. The second kappa shape index (κ2) is 8.88. The summed E-state index contributed by atoms with van der Waals surface area (Å²) in [4.78, 5) is 32.8. The minimum atomic E-state index is -1.30. The van der Waals surface area contributed by atoms with Crippen LogP contribution in [0.2, 0.25) is 0 Å². The summed E-state index contributed by atoms with van der Waals surface area (Å²) in [6, 6.07) is 4.40.